The number of aromatic nitrogens is 3. The van der Waals surface area contributed by atoms with Crippen molar-refractivity contribution in [3.05, 3.63) is 72.4 Å². The van der Waals surface area contributed by atoms with Crippen LogP contribution in [-0.4, -0.2) is 20.9 Å². The van der Waals surface area contributed by atoms with E-state index in [0.29, 0.717) is 12.8 Å². The van der Waals surface area contributed by atoms with Crippen LogP contribution in [0.4, 0.5) is 0 Å². The van der Waals surface area contributed by atoms with Crippen LogP contribution in [0.15, 0.2) is 61.1 Å². The van der Waals surface area contributed by atoms with Crippen LogP contribution in [0.1, 0.15) is 37.2 Å². The second-order valence-corrected chi connectivity index (χ2v) is 5.93. The molecule has 3 rings (SSSR count). The van der Waals surface area contributed by atoms with E-state index in [1.54, 1.807) is 12.4 Å². The standard InChI is InChI=1S/C20H22N4O/c1-2-17(23-19(25)9-8-15-10-12-21-13-11-15)20-22-14-18(24-20)16-6-4-3-5-7-16/h3-7,10-14,17H,2,8-9H2,1H3,(H,22,24)(H,23,25)/t17-/m0/s1. The highest BCUT2D eigenvalue weighted by Gasteiger charge is 2.16. The van der Waals surface area contributed by atoms with Gasteiger partial charge in [-0.25, -0.2) is 4.98 Å². The highest BCUT2D eigenvalue weighted by molar-refractivity contribution is 5.76. The summed E-state index contributed by atoms with van der Waals surface area (Å²) < 4.78 is 0. The number of imidazole rings is 1. The van der Waals surface area contributed by atoms with E-state index in [2.05, 4.69) is 20.3 Å². The van der Waals surface area contributed by atoms with Crippen molar-refractivity contribution >= 4 is 5.91 Å². The Hall–Kier alpha value is -2.95. The molecule has 5 nitrogen and oxygen atoms in total. The molecule has 0 saturated carbocycles. The summed E-state index contributed by atoms with van der Waals surface area (Å²) in [6, 6.07) is 13.8. The van der Waals surface area contributed by atoms with Crippen LogP contribution < -0.4 is 5.32 Å². The van der Waals surface area contributed by atoms with Gasteiger partial charge in [-0.1, -0.05) is 37.3 Å². The number of pyridine rings is 1. The second kappa shape index (κ2) is 8.24. The largest absolute Gasteiger partial charge is 0.346 e. The molecule has 0 aliphatic rings. The Kier molecular flexibility index (Phi) is 5.57. The number of H-pyrrole nitrogens is 1. The number of hydrogen-bond acceptors (Lipinski definition) is 3. The topological polar surface area (TPSA) is 70.7 Å². The quantitative estimate of drug-likeness (QED) is 0.692. The van der Waals surface area contributed by atoms with Gasteiger partial charge in [-0.2, -0.15) is 0 Å². The van der Waals surface area contributed by atoms with Crippen LogP contribution in [0.5, 0.6) is 0 Å². The highest BCUT2D eigenvalue weighted by atomic mass is 16.1. The van der Waals surface area contributed by atoms with E-state index < -0.39 is 0 Å². The molecule has 1 aromatic carbocycles. The van der Waals surface area contributed by atoms with E-state index in [-0.39, 0.29) is 11.9 Å². The van der Waals surface area contributed by atoms with Crippen molar-refractivity contribution in [2.24, 2.45) is 0 Å². The summed E-state index contributed by atoms with van der Waals surface area (Å²) in [6.45, 7) is 2.04. The number of hydrogen-bond donors (Lipinski definition) is 2. The molecule has 5 heteroatoms. The van der Waals surface area contributed by atoms with Gasteiger partial charge in [-0.3, -0.25) is 9.78 Å². The number of carbonyl (C=O) groups excluding carboxylic acids is 1. The van der Waals surface area contributed by atoms with Crippen LogP contribution in [0, 0.1) is 0 Å². The number of aromatic amines is 1. The van der Waals surface area contributed by atoms with Gasteiger partial charge >= 0.3 is 0 Å². The average Bonchev–Trinajstić information content (AvgIpc) is 3.16. The number of nitrogens with one attached hydrogen (secondary N) is 2. The zero-order valence-corrected chi connectivity index (χ0v) is 14.3. The molecule has 128 valence electrons. The Balaban J connectivity index is 1.60. The first-order valence-electron chi connectivity index (χ1n) is 8.55. The van der Waals surface area contributed by atoms with E-state index in [9.17, 15) is 4.79 Å². The molecule has 0 radical (unpaired) electrons. The summed E-state index contributed by atoms with van der Waals surface area (Å²) in [5, 5.41) is 3.07. The summed E-state index contributed by atoms with van der Waals surface area (Å²) in [6.07, 6.45) is 7.25. The Morgan fingerprint density at radius 1 is 1.16 bits per heavy atom. The molecule has 0 saturated heterocycles. The Morgan fingerprint density at radius 3 is 2.64 bits per heavy atom. The van der Waals surface area contributed by atoms with Gasteiger partial charge in [0.05, 0.1) is 17.9 Å². The zero-order valence-electron chi connectivity index (χ0n) is 14.3. The van der Waals surface area contributed by atoms with Crippen molar-refractivity contribution in [1.29, 1.82) is 0 Å². The van der Waals surface area contributed by atoms with Crippen molar-refractivity contribution in [3.63, 3.8) is 0 Å². The molecule has 0 unspecified atom stereocenters. The van der Waals surface area contributed by atoms with Gasteiger partial charge in [0.2, 0.25) is 5.91 Å². The van der Waals surface area contributed by atoms with Crippen molar-refractivity contribution in [1.82, 2.24) is 20.3 Å². The van der Waals surface area contributed by atoms with Crippen molar-refractivity contribution in [3.8, 4) is 11.3 Å². The van der Waals surface area contributed by atoms with Gasteiger partial charge in [-0.05, 0) is 36.1 Å². The van der Waals surface area contributed by atoms with Gasteiger partial charge in [-0.15, -0.1) is 0 Å². The summed E-state index contributed by atoms with van der Waals surface area (Å²) in [7, 11) is 0. The maximum Gasteiger partial charge on any atom is 0.220 e. The molecule has 2 N–H and O–H groups in total. The van der Waals surface area contributed by atoms with Gasteiger partial charge in [0.25, 0.3) is 0 Å². The summed E-state index contributed by atoms with van der Waals surface area (Å²) >= 11 is 0. The maximum atomic E-state index is 12.3. The molecule has 0 spiro atoms. The minimum atomic E-state index is -0.109. The third-order valence-corrected chi connectivity index (χ3v) is 4.14. The lowest BCUT2D eigenvalue weighted by atomic mass is 10.1. The molecule has 0 bridgehead atoms. The van der Waals surface area contributed by atoms with E-state index >= 15 is 0 Å². The Morgan fingerprint density at radius 2 is 1.92 bits per heavy atom. The third kappa shape index (κ3) is 4.53. The monoisotopic (exact) mass is 334 g/mol. The molecular weight excluding hydrogens is 312 g/mol. The van der Waals surface area contributed by atoms with Crippen molar-refractivity contribution < 1.29 is 4.79 Å². The summed E-state index contributed by atoms with van der Waals surface area (Å²) in [4.78, 5) is 24.0. The van der Waals surface area contributed by atoms with Crippen LogP contribution in [0.25, 0.3) is 11.3 Å². The molecule has 2 heterocycles. The number of nitrogens with zero attached hydrogens (tertiary/aromatic N) is 2. The first-order valence-corrected chi connectivity index (χ1v) is 8.55. The molecule has 0 aliphatic carbocycles. The number of aryl methyl sites for hydroxylation is 1. The van der Waals surface area contributed by atoms with E-state index in [0.717, 1.165) is 29.1 Å². The molecule has 25 heavy (non-hydrogen) atoms. The lowest BCUT2D eigenvalue weighted by Crippen LogP contribution is -2.29. The second-order valence-electron chi connectivity index (χ2n) is 5.93. The summed E-state index contributed by atoms with van der Waals surface area (Å²) in [5.74, 6) is 0.819. The maximum absolute atomic E-state index is 12.3. The minimum Gasteiger partial charge on any atom is -0.346 e. The average molecular weight is 334 g/mol. The molecular formula is C20H22N4O. The van der Waals surface area contributed by atoms with E-state index in [4.69, 9.17) is 0 Å². The lowest BCUT2D eigenvalue weighted by Gasteiger charge is -2.14. The number of benzene rings is 1. The van der Waals surface area contributed by atoms with E-state index in [1.165, 1.54) is 0 Å². The zero-order chi connectivity index (χ0) is 17.5. The predicted molar refractivity (Wildman–Crippen MR) is 97.8 cm³/mol. The molecule has 0 fully saturated rings. The molecule has 3 aromatic rings. The predicted octanol–water partition coefficient (Wildman–Crippen LogP) is 3.67. The fourth-order valence-electron chi connectivity index (χ4n) is 2.72. The minimum absolute atomic E-state index is 0.0290. The smallest absolute Gasteiger partial charge is 0.220 e. The van der Waals surface area contributed by atoms with Gasteiger partial charge in [0.15, 0.2) is 0 Å². The van der Waals surface area contributed by atoms with Crippen molar-refractivity contribution in [2.45, 2.75) is 32.2 Å². The van der Waals surface area contributed by atoms with Gasteiger partial charge in [0, 0.05) is 18.8 Å². The number of rotatable bonds is 7. The highest BCUT2D eigenvalue weighted by Crippen LogP contribution is 2.20. The third-order valence-electron chi connectivity index (χ3n) is 4.14. The van der Waals surface area contributed by atoms with Crippen LogP contribution >= 0.6 is 0 Å². The summed E-state index contributed by atoms with van der Waals surface area (Å²) in [5.41, 5.74) is 3.16. The fourth-order valence-corrected chi connectivity index (χ4v) is 2.72. The first kappa shape index (κ1) is 16.9. The SMILES string of the molecule is CC[C@H](NC(=O)CCc1ccncc1)c1ncc(-c2ccccc2)[nH]1. The number of amides is 1. The molecule has 2 aromatic heterocycles. The number of carbonyl (C=O) groups is 1. The molecule has 1 atom stereocenters. The van der Waals surface area contributed by atoms with Gasteiger partial charge < -0.3 is 10.3 Å². The van der Waals surface area contributed by atoms with E-state index in [1.807, 2.05) is 55.6 Å². The molecule has 1 amide bonds. The van der Waals surface area contributed by atoms with Crippen LogP contribution in [0.3, 0.4) is 0 Å². The van der Waals surface area contributed by atoms with Gasteiger partial charge in [0.1, 0.15) is 5.82 Å². The lowest BCUT2D eigenvalue weighted by molar-refractivity contribution is -0.121. The Bertz CT molecular complexity index is 799. The van der Waals surface area contributed by atoms with Crippen molar-refractivity contribution in [2.75, 3.05) is 0 Å². The molecule has 0 aliphatic heterocycles. The first-order chi connectivity index (χ1) is 12.3. The van der Waals surface area contributed by atoms with Crippen LogP contribution in [-0.2, 0) is 11.2 Å². The fraction of sp³-hybridized carbons (Fsp3) is 0.250. The Labute approximate surface area is 147 Å². The van der Waals surface area contributed by atoms with Crippen LogP contribution in [0.2, 0.25) is 0 Å². The normalized spacial score (nSPS) is 11.9.